The number of nitrogens with two attached hydrogens (primary N) is 1. The standard InChI is InChI=1S/C27H40F2N4O6S/c1-3-6-22(7-4-2)40(37,38)17-24(32-27(36)39-11-5-10-30)26(35)33(21-8-9-21)16-25(34)23(31)14-18-12-19(28)15-20(29)13-18/h12-13,15,21-25,34H,3-9,11,14,16-17,31H2,1-2H3,(H,32,36)/t23-,24+,25+/m0/s1. The third kappa shape index (κ3) is 10.6. The molecule has 0 aliphatic heterocycles. The summed E-state index contributed by atoms with van der Waals surface area (Å²) < 4.78 is 58.7. The van der Waals surface area contributed by atoms with E-state index in [1.165, 1.54) is 4.90 Å². The SMILES string of the molecule is CCCC(CCC)S(=O)(=O)C[C@@H](NC(=O)OCCC#N)C(=O)N(C[C@@H](O)[C@@H](N)Cc1cc(F)cc(F)c1)C1CC1. The van der Waals surface area contributed by atoms with Gasteiger partial charge in [0.1, 0.15) is 24.3 Å². The van der Waals surface area contributed by atoms with Gasteiger partial charge in [-0.15, -0.1) is 0 Å². The van der Waals surface area contributed by atoms with Crippen LogP contribution in [0.5, 0.6) is 0 Å². The van der Waals surface area contributed by atoms with Gasteiger partial charge in [-0.2, -0.15) is 5.26 Å². The predicted octanol–water partition coefficient (Wildman–Crippen LogP) is 2.58. The highest BCUT2D eigenvalue weighted by atomic mass is 32.2. The van der Waals surface area contributed by atoms with Crippen molar-refractivity contribution in [3.63, 3.8) is 0 Å². The van der Waals surface area contributed by atoms with Crippen LogP contribution in [0.3, 0.4) is 0 Å². The minimum absolute atomic E-state index is 0.0699. The summed E-state index contributed by atoms with van der Waals surface area (Å²) in [5, 5.41) is 21.2. The van der Waals surface area contributed by atoms with Crippen molar-refractivity contribution in [2.24, 2.45) is 5.73 Å². The zero-order valence-electron chi connectivity index (χ0n) is 23.0. The van der Waals surface area contributed by atoms with E-state index in [0.29, 0.717) is 38.5 Å². The predicted molar refractivity (Wildman–Crippen MR) is 145 cm³/mol. The van der Waals surface area contributed by atoms with Crippen LogP contribution in [0.25, 0.3) is 0 Å². The lowest BCUT2D eigenvalue weighted by Crippen LogP contribution is -2.56. The number of nitrogens with one attached hydrogen (secondary N) is 1. The van der Waals surface area contributed by atoms with Gasteiger partial charge < -0.3 is 25.8 Å². The third-order valence-electron chi connectivity index (χ3n) is 6.71. The number of amides is 2. The second-order valence-electron chi connectivity index (χ2n) is 10.2. The average molecular weight is 587 g/mol. The number of benzene rings is 1. The Labute approximate surface area is 234 Å². The first-order valence-corrected chi connectivity index (χ1v) is 15.3. The topological polar surface area (TPSA) is 163 Å². The highest BCUT2D eigenvalue weighted by molar-refractivity contribution is 7.92. The summed E-state index contributed by atoms with van der Waals surface area (Å²) in [5.41, 5.74) is 6.34. The molecule has 1 aliphatic rings. The van der Waals surface area contributed by atoms with Gasteiger partial charge in [-0.1, -0.05) is 26.7 Å². The van der Waals surface area contributed by atoms with Crippen molar-refractivity contribution in [1.82, 2.24) is 10.2 Å². The summed E-state index contributed by atoms with van der Waals surface area (Å²) in [5.74, 6) is -2.93. The van der Waals surface area contributed by atoms with E-state index < -0.39 is 62.7 Å². The molecule has 2 rings (SSSR count). The quantitative estimate of drug-likeness (QED) is 0.235. The van der Waals surface area contributed by atoms with Crippen LogP contribution in [-0.2, 0) is 25.8 Å². The fraction of sp³-hybridized carbons (Fsp3) is 0.667. The molecule has 10 nitrogen and oxygen atoms in total. The van der Waals surface area contributed by atoms with Crippen LogP contribution in [0.15, 0.2) is 18.2 Å². The molecule has 0 unspecified atom stereocenters. The minimum atomic E-state index is -3.82. The second-order valence-corrected chi connectivity index (χ2v) is 12.5. The molecule has 1 aliphatic carbocycles. The van der Waals surface area contributed by atoms with Gasteiger partial charge in [0.15, 0.2) is 9.84 Å². The molecular formula is C27H40F2N4O6S. The van der Waals surface area contributed by atoms with Gasteiger partial charge in [0.25, 0.3) is 0 Å². The molecule has 1 aromatic rings. The molecular weight excluding hydrogens is 546 g/mol. The maximum atomic E-state index is 13.7. The van der Waals surface area contributed by atoms with Gasteiger partial charge in [-0.05, 0) is 49.8 Å². The van der Waals surface area contributed by atoms with Gasteiger partial charge in [-0.3, -0.25) is 4.79 Å². The lowest BCUT2D eigenvalue weighted by Gasteiger charge is -2.31. The molecule has 224 valence electrons. The van der Waals surface area contributed by atoms with Gasteiger partial charge >= 0.3 is 6.09 Å². The smallest absolute Gasteiger partial charge is 0.407 e. The number of aliphatic hydroxyl groups is 1. The number of rotatable bonds is 17. The van der Waals surface area contributed by atoms with Crippen LogP contribution < -0.4 is 11.1 Å². The van der Waals surface area contributed by atoms with Gasteiger partial charge in [-0.25, -0.2) is 22.0 Å². The molecule has 1 saturated carbocycles. The molecule has 0 radical (unpaired) electrons. The number of hydrogen-bond acceptors (Lipinski definition) is 8. The molecule has 0 saturated heterocycles. The third-order valence-corrected chi connectivity index (χ3v) is 8.99. The lowest BCUT2D eigenvalue weighted by molar-refractivity contribution is -0.135. The Morgan fingerprint density at radius 1 is 1.20 bits per heavy atom. The van der Waals surface area contributed by atoms with Crippen molar-refractivity contribution in [2.45, 2.75) is 94.7 Å². The Kier molecular flexibility index (Phi) is 13.2. The zero-order valence-corrected chi connectivity index (χ0v) is 23.8. The van der Waals surface area contributed by atoms with E-state index in [4.69, 9.17) is 15.7 Å². The Bertz CT molecular complexity index is 1120. The number of carbonyl (C=O) groups excluding carboxylic acids is 2. The van der Waals surface area contributed by atoms with Crippen LogP contribution >= 0.6 is 0 Å². The number of hydrogen-bond donors (Lipinski definition) is 3. The number of aliphatic hydroxyl groups excluding tert-OH is 1. The molecule has 0 heterocycles. The van der Waals surface area contributed by atoms with Gasteiger partial charge in [0.05, 0.1) is 29.6 Å². The maximum Gasteiger partial charge on any atom is 0.407 e. The van der Waals surface area contributed by atoms with E-state index in [1.807, 2.05) is 19.9 Å². The Balaban J connectivity index is 2.24. The molecule has 0 aromatic heterocycles. The molecule has 0 bridgehead atoms. The number of alkyl carbamates (subject to hydrolysis) is 1. The molecule has 2 amide bonds. The van der Waals surface area contributed by atoms with Crippen molar-refractivity contribution >= 4 is 21.8 Å². The summed E-state index contributed by atoms with van der Waals surface area (Å²) in [6, 6.07) is 1.98. The van der Waals surface area contributed by atoms with E-state index in [0.717, 1.165) is 18.2 Å². The molecule has 1 aromatic carbocycles. The largest absolute Gasteiger partial charge is 0.448 e. The van der Waals surface area contributed by atoms with Crippen molar-refractivity contribution in [1.29, 1.82) is 5.26 Å². The summed E-state index contributed by atoms with van der Waals surface area (Å²) in [6.45, 7) is 3.23. The lowest BCUT2D eigenvalue weighted by atomic mass is 10.0. The second kappa shape index (κ2) is 15.8. The van der Waals surface area contributed by atoms with E-state index in [9.17, 15) is 31.9 Å². The van der Waals surface area contributed by atoms with E-state index >= 15 is 0 Å². The Morgan fingerprint density at radius 2 is 1.80 bits per heavy atom. The summed E-state index contributed by atoms with van der Waals surface area (Å²) in [6.07, 6.45) is 0.809. The van der Waals surface area contributed by atoms with Gasteiger partial charge in [0.2, 0.25) is 5.91 Å². The Morgan fingerprint density at radius 3 is 2.33 bits per heavy atom. The zero-order chi connectivity index (χ0) is 29.9. The van der Waals surface area contributed by atoms with E-state index in [2.05, 4.69) is 5.32 Å². The van der Waals surface area contributed by atoms with Crippen LogP contribution in [0, 0.1) is 23.0 Å². The first-order chi connectivity index (χ1) is 18.9. The summed E-state index contributed by atoms with van der Waals surface area (Å²) in [4.78, 5) is 27.4. The van der Waals surface area contributed by atoms with Crippen LogP contribution in [-0.4, -0.2) is 78.8 Å². The number of carbonyl (C=O) groups is 2. The molecule has 4 N–H and O–H groups in total. The molecule has 1 fully saturated rings. The van der Waals surface area contributed by atoms with Crippen molar-refractivity contribution in [2.75, 3.05) is 18.9 Å². The highest BCUT2D eigenvalue weighted by Gasteiger charge is 2.41. The summed E-state index contributed by atoms with van der Waals surface area (Å²) in [7, 11) is -3.82. The monoisotopic (exact) mass is 586 g/mol. The fourth-order valence-electron chi connectivity index (χ4n) is 4.54. The molecule has 13 heteroatoms. The van der Waals surface area contributed by atoms with Crippen LogP contribution in [0.4, 0.5) is 13.6 Å². The minimum Gasteiger partial charge on any atom is -0.448 e. The number of nitriles is 1. The molecule has 40 heavy (non-hydrogen) atoms. The van der Waals surface area contributed by atoms with Crippen molar-refractivity contribution in [3.8, 4) is 6.07 Å². The maximum absolute atomic E-state index is 13.7. The number of sulfone groups is 1. The number of nitrogens with zero attached hydrogens (tertiary/aromatic N) is 2. The van der Waals surface area contributed by atoms with Crippen LogP contribution in [0.1, 0.15) is 64.4 Å². The van der Waals surface area contributed by atoms with E-state index in [1.54, 1.807) is 0 Å². The first-order valence-electron chi connectivity index (χ1n) is 13.6. The van der Waals surface area contributed by atoms with Crippen LogP contribution in [0.2, 0.25) is 0 Å². The number of halogens is 2. The summed E-state index contributed by atoms with van der Waals surface area (Å²) >= 11 is 0. The van der Waals surface area contributed by atoms with Gasteiger partial charge in [0, 0.05) is 24.7 Å². The highest BCUT2D eigenvalue weighted by Crippen LogP contribution is 2.28. The van der Waals surface area contributed by atoms with Crippen molar-refractivity contribution in [3.05, 3.63) is 35.4 Å². The van der Waals surface area contributed by atoms with E-state index in [-0.39, 0.29) is 37.6 Å². The molecule has 3 atom stereocenters. The average Bonchev–Trinajstić information content (AvgIpc) is 3.71. The molecule has 0 spiro atoms. The Hall–Kier alpha value is -2.82. The number of ether oxygens (including phenoxy) is 1. The van der Waals surface area contributed by atoms with Crippen molar-refractivity contribution < 1.29 is 36.6 Å². The first kappa shape index (κ1) is 33.4. The fourth-order valence-corrected chi connectivity index (χ4v) is 6.70. The normalized spacial score (nSPS) is 15.7.